The molecule has 2 aliphatic heterocycles. The summed E-state index contributed by atoms with van der Waals surface area (Å²) in [5, 5.41) is 9.55. The lowest BCUT2D eigenvalue weighted by atomic mass is 9.98. The molecule has 1 atom stereocenters. The van der Waals surface area contributed by atoms with Gasteiger partial charge in [-0.3, -0.25) is 9.78 Å². The molecule has 1 saturated heterocycles. The molecule has 1 aromatic carbocycles. The number of hydrogen-bond acceptors (Lipinski definition) is 6. The van der Waals surface area contributed by atoms with Crippen molar-refractivity contribution in [1.82, 2.24) is 14.8 Å². The number of thioether (sulfide) groups is 1. The summed E-state index contributed by atoms with van der Waals surface area (Å²) in [6.07, 6.45) is 9.26. The van der Waals surface area contributed by atoms with E-state index < -0.39 is 12.1 Å². The highest BCUT2D eigenvalue weighted by Crippen LogP contribution is 2.34. The predicted octanol–water partition coefficient (Wildman–Crippen LogP) is 3.63. The Morgan fingerprint density at radius 1 is 1.23 bits per heavy atom. The molecular weight excluding hydrogens is 410 g/mol. The molecule has 2 aromatic heterocycles. The third-order valence-electron chi connectivity index (χ3n) is 5.79. The number of amides is 1. The van der Waals surface area contributed by atoms with Crippen molar-refractivity contribution in [3.63, 3.8) is 0 Å². The van der Waals surface area contributed by atoms with Gasteiger partial charge in [0, 0.05) is 54.6 Å². The smallest absolute Gasteiger partial charge is 0.249 e. The molecule has 0 bridgehead atoms. The van der Waals surface area contributed by atoms with Crippen molar-refractivity contribution >= 4 is 34.3 Å². The van der Waals surface area contributed by atoms with Gasteiger partial charge >= 0.3 is 0 Å². The fourth-order valence-corrected chi connectivity index (χ4v) is 4.35. The van der Waals surface area contributed by atoms with Gasteiger partial charge in [0.05, 0.1) is 6.10 Å². The molecule has 1 N–H and O–H groups in total. The minimum atomic E-state index is -0.414. The average Bonchev–Trinajstić information content (AvgIpc) is 3.21. The van der Waals surface area contributed by atoms with E-state index in [0.717, 1.165) is 28.0 Å². The molecule has 0 spiro atoms. The molecule has 6 nitrogen and oxygen atoms in total. The van der Waals surface area contributed by atoms with Crippen LogP contribution in [-0.2, 0) is 4.79 Å². The number of allylic oxidation sites excluding steroid dienone is 2. The molecule has 4 heterocycles. The van der Waals surface area contributed by atoms with Crippen LogP contribution < -0.4 is 0 Å². The normalized spacial score (nSPS) is 18.9. The topological polar surface area (TPSA) is 69.8 Å². The average molecular weight is 434 g/mol. The molecule has 1 fully saturated rings. The summed E-state index contributed by atoms with van der Waals surface area (Å²) in [7, 11) is 1.88. The zero-order valence-electron chi connectivity index (χ0n) is 17.4. The van der Waals surface area contributed by atoms with Gasteiger partial charge in [0.2, 0.25) is 5.91 Å². The van der Waals surface area contributed by atoms with E-state index in [4.69, 9.17) is 4.42 Å². The molecule has 0 saturated carbocycles. The van der Waals surface area contributed by atoms with Crippen LogP contribution in [0.5, 0.6) is 0 Å². The number of carbonyl (C=O) groups excluding carboxylic acids is 1. The minimum Gasteiger partial charge on any atom is -0.454 e. The van der Waals surface area contributed by atoms with Crippen LogP contribution in [0, 0.1) is 0 Å². The van der Waals surface area contributed by atoms with Crippen molar-refractivity contribution in [3.8, 4) is 11.3 Å². The van der Waals surface area contributed by atoms with Gasteiger partial charge in [-0.15, -0.1) is 11.8 Å². The molecule has 7 heteroatoms. The van der Waals surface area contributed by atoms with Crippen molar-refractivity contribution < 1.29 is 14.3 Å². The highest BCUT2D eigenvalue weighted by Gasteiger charge is 2.34. The van der Waals surface area contributed by atoms with E-state index >= 15 is 0 Å². The largest absolute Gasteiger partial charge is 0.454 e. The quantitative estimate of drug-likeness (QED) is 0.634. The van der Waals surface area contributed by atoms with Crippen LogP contribution in [0.3, 0.4) is 0 Å². The first-order valence-corrected chi connectivity index (χ1v) is 11.4. The first kappa shape index (κ1) is 19.9. The Morgan fingerprint density at radius 3 is 2.71 bits per heavy atom. The van der Waals surface area contributed by atoms with Gasteiger partial charge in [-0.1, -0.05) is 12.1 Å². The second kappa shape index (κ2) is 7.90. The molecule has 2 aliphatic rings. The summed E-state index contributed by atoms with van der Waals surface area (Å²) < 4.78 is 6.24. The maximum absolute atomic E-state index is 12.9. The third kappa shape index (κ3) is 3.64. The van der Waals surface area contributed by atoms with Crippen LogP contribution in [0.2, 0.25) is 0 Å². The fourth-order valence-electron chi connectivity index (χ4n) is 3.94. The van der Waals surface area contributed by atoms with E-state index in [-0.39, 0.29) is 5.91 Å². The first-order valence-electron chi connectivity index (χ1n) is 10.2. The number of nitrogens with zero attached hydrogens (tertiary/aromatic N) is 3. The molecule has 5 rings (SSSR count). The lowest BCUT2D eigenvalue weighted by molar-refractivity contribution is -0.144. The van der Waals surface area contributed by atoms with Crippen LogP contribution >= 0.6 is 11.8 Å². The van der Waals surface area contributed by atoms with E-state index in [0.29, 0.717) is 18.7 Å². The summed E-state index contributed by atoms with van der Waals surface area (Å²) in [6, 6.07) is 11.7. The number of aliphatic hydroxyl groups excluding tert-OH is 1. The van der Waals surface area contributed by atoms with Gasteiger partial charge in [0.1, 0.15) is 17.3 Å². The van der Waals surface area contributed by atoms with Crippen LogP contribution in [0.4, 0.5) is 0 Å². The SMILES string of the molecule is CSc1ccc(-c2cc3nccc(C4=CC(C(=O)N5CC(O)C5)N(C)C=C4)c3o2)cc1. The summed E-state index contributed by atoms with van der Waals surface area (Å²) >= 11 is 1.70. The van der Waals surface area contributed by atoms with E-state index in [1.165, 1.54) is 4.90 Å². The van der Waals surface area contributed by atoms with E-state index in [2.05, 4.69) is 23.4 Å². The summed E-state index contributed by atoms with van der Waals surface area (Å²) in [6.45, 7) is 0.791. The molecule has 0 aliphatic carbocycles. The second-order valence-corrected chi connectivity index (χ2v) is 8.74. The van der Waals surface area contributed by atoms with Crippen LogP contribution in [0.25, 0.3) is 28.0 Å². The van der Waals surface area contributed by atoms with Gasteiger partial charge < -0.3 is 19.3 Å². The van der Waals surface area contributed by atoms with Gasteiger partial charge in [-0.2, -0.15) is 0 Å². The Morgan fingerprint density at radius 2 is 2.00 bits per heavy atom. The molecule has 3 aromatic rings. The Hall–Kier alpha value is -3.03. The van der Waals surface area contributed by atoms with Gasteiger partial charge in [-0.25, -0.2) is 0 Å². The minimum absolute atomic E-state index is 0.00559. The molecule has 31 heavy (non-hydrogen) atoms. The van der Waals surface area contributed by atoms with Crippen LogP contribution in [-0.4, -0.2) is 64.3 Å². The number of hydrogen-bond donors (Lipinski definition) is 1. The number of likely N-dealkylation sites (N-methyl/N-ethyl adjacent to an activating group) is 1. The number of pyridine rings is 1. The number of aliphatic hydroxyl groups is 1. The standard InChI is InChI=1S/C24H23N3O3S/c1-26-10-8-16(11-21(26)24(29)27-13-17(28)14-27)19-7-9-25-20-12-22(30-23(19)20)15-3-5-18(31-2)6-4-15/h3-12,17,21,28H,13-14H2,1-2H3. The highest BCUT2D eigenvalue weighted by molar-refractivity contribution is 7.98. The number of carbonyl (C=O) groups is 1. The molecule has 0 radical (unpaired) electrons. The van der Waals surface area contributed by atoms with Crippen molar-refractivity contribution in [1.29, 1.82) is 0 Å². The first-order chi connectivity index (χ1) is 15.0. The Kier molecular flexibility index (Phi) is 5.08. The number of rotatable bonds is 4. The zero-order chi connectivity index (χ0) is 21.5. The molecule has 158 valence electrons. The Balaban J connectivity index is 1.50. The fraction of sp³-hybridized carbons (Fsp3) is 0.250. The van der Waals surface area contributed by atoms with E-state index in [1.807, 2.05) is 54.6 Å². The zero-order valence-corrected chi connectivity index (χ0v) is 18.2. The summed E-state index contributed by atoms with van der Waals surface area (Å²) in [4.78, 5) is 22.1. The Labute approximate surface area is 184 Å². The van der Waals surface area contributed by atoms with E-state index in [9.17, 15) is 9.90 Å². The predicted molar refractivity (Wildman–Crippen MR) is 122 cm³/mol. The highest BCUT2D eigenvalue weighted by atomic mass is 32.2. The van der Waals surface area contributed by atoms with Crippen LogP contribution in [0.15, 0.2) is 70.3 Å². The number of likely N-dealkylation sites (tertiary alicyclic amines) is 1. The summed E-state index contributed by atoms with van der Waals surface area (Å²) in [5.74, 6) is 0.760. The lowest BCUT2D eigenvalue weighted by Gasteiger charge is -2.40. The molecule has 1 amide bonds. The monoisotopic (exact) mass is 433 g/mol. The maximum Gasteiger partial charge on any atom is 0.249 e. The number of aromatic nitrogens is 1. The summed E-state index contributed by atoms with van der Waals surface area (Å²) in [5.41, 5.74) is 4.31. The van der Waals surface area contributed by atoms with Crippen molar-refractivity contribution in [3.05, 3.63) is 66.5 Å². The van der Waals surface area contributed by atoms with Crippen molar-refractivity contribution in [2.24, 2.45) is 0 Å². The van der Waals surface area contributed by atoms with Gasteiger partial charge in [0.15, 0.2) is 5.58 Å². The number of β-amino-alcohol motifs (C(OH)–C–C–N with tert-alkyl or cyclic N) is 1. The number of benzene rings is 1. The lowest BCUT2D eigenvalue weighted by Crippen LogP contribution is -2.58. The van der Waals surface area contributed by atoms with Crippen molar-refractivity contribution in [2.45, 2.75) is 17.0 Å². The Bertz CT molecular complexity index is 1190. The third-order valence-corrected chi connectivity index (χ3v) is 6.53. The van der Waals surface area contributed by atoms with Crippen LogP contribution in [0.1, 0.15) is 5.56 Å². The molecular formula is C24H23N3O3S. The number of fused-ring (bicyclic) bond motifs is 1. The molecule has 1 unspecified atom stereocenters. The number of furan rings is 1. The maximum atomic E-state index is 12.9. The van der Waals surface area contributed by atoms with Gasteiger partial charge in [-0.05, 0) is 42.2 Å². The second-order valence-electron chi connectivity index (χ2n) is 7.86. The van der Waals surface area contributed by atoms with E-state index in [1.54, 1.807) is 22.9 Å². The van der Waals surface area contributed by atoms with Crippen molar-refractivity contribution in [2.75, 3.05) is 26.4 Å². The van der Waals surface area contributed by atoms with Gasteiger partial charge in [0.25, 0.3) is 0 Å².